The first-order valence-electron chi connectivity index (χ1n) is 11.1. The Hall–Kier alpha value is -2.56. The van der Waals surface area contributed by atoms with Crippen LogP contribution in [-0.2, 0) is 15.7 Å². The Kier molecular flexibility index (Phi) is 4.58. The minimum Gasteiger partial charge on any atom is -0.399 e. The van der Waals surface area contributed by atoms with Crippen molar-refractivity contribution in [2.45, 2.75) is 59.2 Å². The molecule has 0 atom stereocenters. The van der Waals surface area contributed by atoms with E-state index < -0.39 is 0 Å². The number of benzene rings is 3. The van der Waals surface area contributed by atoms with Crippen molar-refractivity contribution in [1.29, 1.82) is 0 Å². The Balaban J connectivity index is 1.55. The van der Waals surface area contributed by atoms with Crippen LogP contribution in [0.1, 0.15) is 49.9 Å². The number of rotatable bonds is 2. The molecule has 0 radical (unpaired) electrons. The summed E-state index contributed by atoms with van der Waals surface area (Å²) in [5, 5.41) is 0. The van der Waals surface area contributed by atoms with Gasteiger partial charge in [-0.3, -0.25) is 0 Å². The average molecular weight is 411 g/mol. The average Bonchev–Trinajstić information content (AvgIpc) is 2.96. The molecule has 0 bridgehead atoms. The quantitative estimate of drug-likeness (QED) is 0.379. The molecule has 2 heterocycles. The minimum atomic E-state index is -0.343. The maximum absolute atomic E-state index is 6.24. The second kappa shape index (κ2) is 6.98. The second-order valence-corrected chi connectivity index (χ2v) is 9.83. The molecule has 158 valence electrons. The molecule has 5 rings (SSSR count). The van der Waals surface area contributed by atoms with Gasteiger partial charge in [0.05, 0.1) is 11.2 Å². The van der Waals surface area contributed by atoms with E-state index in [4.69, 9.17) is 9.31 Å². The first-order valence-corrected chi connectivity index (χ1v) is 11.1. The maximum Gasteiger partial charge on any atom is 0.494 e. The minimum absolute atomic E-state index is 0.337. The van der Waals surface area contributed by atoms with Crippen molar-refractivity contribution < 1.29 is 9.31 Å². The Labute approximate surface area is 186 Å². The molecule has 0 N–H and O–H groups in total. The predicted octanol–water partition coefficient (Wildman–Crippen LogP) is 5.98. The van der Waals surface area contributed by atoms with Crippen LogP contribution >= 0.6 is 0 Å². The molecule has 2 aliphatic rings. The third-order valence-electron chi connectivity index (χ3n) is 7.36. The Morgan fingerprint density at radius 1 is 0.774 bits per heavy atom. The Morgan fingerprint density at radius 3 is 2.10 bits per heavy atom. The third kappa shape index (κ3) is 3.21. The van der Waals surface area contributed by atoms with Gasteiger partial charge in [0.2, 0.25) is 0 Å². The zero-order chi connectivity index (χ0) is 22.0. The van der Waals surface area contributed by atoms with Crippen LogP contribution in [-0.4, -0.2) is 18.3 Å². The van der Waals surface area contributed by atoms with Gasteiger partial charge in [0.1, 0.15) is 0 Å². The number of nitrogens with zero attached hydrogens (tertiary/aromatic N) is 1. The highest BCUT2D eigenvalue weighted by molar-refractivity contribution is 6.62. The molecular formula is C27H30BNO2. The molecule has 2 aliphatic heterocycles. The molecule has 0 aliphatic carbocycles. The Morgan fingerprint density at radius 2 is 1.42 bits per heavy atom. The number of hydrogen-bond acceptors (Lipinski definition) is 3. The van der Waals surface area contributed by atoms with E-state index in [0.29, 0.717) is 0 Å². The first-order chi connectivity index (χ1) is 14.7. The molecule has 0 amide bonds. The van der Waals surface area contributed by atoms with Crippen molar-refractivity contribution in [3.8, 4) is 0 Å². The Bertz CT molecular complexity index is 1130. The monoisotopic (exact) mass is 411 g/mol. The molecule has 0 saturated carbocycles. The van der Waals surface area contributed by atoms with Gasteiger partial charge in [0, 0.05) is 23.5 Å². The molecule has 4 heteroatoms. The summed E-state index contributed by atoms with van der Waals surface area (Å²) in [4.78, 5) is 2.38. The van der Waals surface area contributed by atoms with Gasteiger partial charge in [-0.2, -0.15) is 0 Å². The lowest BCUT2D eigenvalue weighted by atomic mass is 9.79. The summed E-state index contributed by atoms with van der Waals surface area (Å²) < 4.78 is 12.5. The van der Waals surface area contributed by atoms with E-state index in [1.54, 1.807) is 0 Å². The third-order valence-corrected chi connectivity index (χ3v) is 7.36. The van der Waals surface area contributed by atoms with Crippen LogP contribution in [0.3, 0.4) is 0 Å². The van der Waals surface area contributed by atoms with E-state index in [2.05, 4.69) is 107 Å². The molecule has 3 nitrogen and oxygen atoms in total. The van der Waals surface area contributed by atoms with Crippen molar-refractivity contribution in [2.75, 3.05) is 4.90 Å². The fourth-order valence-electron chi connectivity index (χ4n) is 4.53. The number of anilines is 3. The van der Waals surface area contributed by atoms with Crippen molar-refractivity contribution in [3.63, 3.8) is 0 Å². The van der Waals surface area contributed by atoms with E-state index >= 15 is 0 Å². The van der Waals surface area contributed by atoms with Gasteiger partial charge >= 0.3 is 7.12 Å². The molecule has 1 saturated heterocycles. The molecular weight excluding hydrogens is 381 g/mol. The molecule has 1 fully saturated rings. The van der Waals surface area contributed by atoms with E-state index in [1.807, 2.05) is 0 Å². The number of aryl methyl sites for hydroxylation is 1. The first kappa shape index (κ1) is 20.4. The van der Waals surface area contributed by atoms with Crippen molar-refractivity contribution in [2.24, 2.45) is 0 Å². The highest BCUT2D eigenvalue weighted by atomic mass is 16.7. The smallest absolute Gasteiger partial charge is 0.399 e. The zero-order valence-corrected chi connectivity index (χ0v) is 19.3. The summed E-state index contributed by atoms with van der Waals surface area (Å²) in [5.74, 6) is 0. The molecule has 3 aromatic carbocycles. The maximum atomic E-state index is 6.24. The van der Waals surface area contributed by atoms with Crippen molar-refractivity contribution in [1.82, 2.24) is 0 Å². The molecule has 0 spiro atoms. The lowest BCUT2D eigenvalue weighted by Gasteiger charge is -2.34. The summed E-state index contributed by atoms with van der Waals surface area (Å²) in [6, 6.07) is 21.8. The normalized spacial score (nSPS) is 18.6. The fraction of sp³-hybridized carbons (Fsp3) is 0.333. The highest BCUT2D eigenvalue weighted by Gasteiger charge is 2.51. The summed E-state index contributed by atoms with van der Waals surface area (Å²) >= 11 is 0. The zero-order valence-electron chi connectivity index (χ0n) is 19.3. The van der Waals surface area contributed by atoms with Crippen molar-refractivity contribution >= 4 is 29.6 Å². The van der Waals surface area contributed by atoms with Crippen molar-refractivity contribution in [3.05, 3.63) is 82.9 Å². The van der Waals surface area contributed by atoms with Crippen LogP contribution in [0.2, 0.25) is 0 Å². The van der Waals surface area contributed by atoms with E-state index in [1.165, 1.54) is 33.6 Å². The van der Waals surface area contributed by atoms with Crippen LogP contribution in [0.5, 0.6) is 0 Å². The summed E-state index contributed by atoms with van der Waals surface area (Å²) in [5.41, 5.74) is 9.54. The van der Waals surface area contributed by atoms with Gasteiger partial charge < -0.3 is 14.2 Å². The standard InChI is InChI=1S/C27H30BNO2/c1-18-11-16-25-23(19(18)2)17-20-9-7-8-10-24(20)29(25)22-14-12-21(13-15-22)28-30-26(3,4)27(5,6)31-28/h7-16H,17H2,1-6H3. The van der Waals surface area contributed by atoms with Gasteiger partial charge in [-0.25, -0.2) is 0 Å². The van der Waals surface area contributed by atoms with Crippen LogP contribution in [0.4, 0.5) is 17.1 Å². The molecule has 0 aromatic heterocycles. The van der Waals surface area contributed by atoms with E-state index in [0.717, 1.165) is 17.6 Å². The predicted molar refractivity (Wildman–Crippen MR) is 129 cm³/mol. The highest BCUT2D eigenvalue weighted by Crippen LogP contribution is 2.45. The SMILES string of the molecule is Cc1ccc2c(c1C)Cc1ccccc1N2c1ccc(B2OC(C)(C)C(C)(C)O2)cc1. The summed E-state index contributed by atoms with van der Waals surface area (Å²) in [6.45, 7) is 12.8. The number of hydrogen-bond donors (Lipinski definition) is 0. The molecule has 0 unspecified atom stereocenters. The van der Waals surface area contributed by atoms with Gasteiger partial charge in [0.25, 0.3) is 0 Å². The van der Waals surface area contributed by atoms with Crippen LogP contribution in [0.25, 0.3) is 0 Å². The fourth-order valence-corrected chi connectivity index (χ4v) is 4.53. The summed E-state index contributed by atoms with van der Waals surface area (Å²) in [7, 11) is -0.343. The molecule has 3 aromatic rings. The largest absolute Gasteiger partial charge is 0.494 e. The second-order valence-electron chi connectivity index (χ2n) is 9.83. The molecule has 31 heavy (non-hydrogen) atoms. The topological polar surface area (TPSA) is 21.7 Å². The lowest BCUT2D eigenvalue weighted by Crippen LogP contribution is -2.41. The number of para-hydroxylation sites is 1. The number of fused-ring (bicyclic) bond motifs is 2. The lowest BCUT2D eigenvalue weighted by molar-refractivity contribution is 0.00578. The van der Waals surface area contributed by atoms with Gasteiger partial charge in [-0.15, -0.1) is 0 Å². The van der Waals surface area contributed by atoms with E-state index in [-0.39, 0.29) is 18.3 Å². The summed E-state index contributed by atoms with van der Waals surface area (Å²) in [6.07, 6.45) is 0.974. The van der Waals surface area contributed by atoms with Crippen LogP contribution in [0.15, 0.2) is 60.7 Å². The van der Waals surface area contributed by atoms with Gasteiger partial charge in [-0.1, -0.05) is 36.4 Å². The van der Waals surface area contributed by atoms with E-state index in [9.17, 15) is 0 Å². The van der Waals surface area contributed by atoms with Gasteiger partial charge in [0.15, 0.2) is 0 Å². The van der Waals surface area contributed by atoms with Gasteiger partial charge in [-0.05, 0) is 93.5 Å². The van der Waals surface area contributed by atoms with Crippen LogP contribution in [0, 0.1) is 13.8 Å². The van der Waals surface area contributed by atoms with Crippen LogP contribution < -0.4 is 10.4 Å².